The summed E-state index contributed by atoms with van der Waals surface area (Å²) in [4.78, 5) is 14.2. The van der Waals surface area contributed by atoms with Crippen LogP contribution in [-0.4, -0.2) is 29.7 Å². The maximum absolute atomic E-state index is 10.8. The summed E-state index contributed by atoms with van der Waals surface area (Å²) in [5.41, 5.74) is -0.129. The Kier molecular flexibility index (Phi) is 6.38. The number of hydrogen-bond acceptors (Lipinski definition) is 5. The minimum atomic E-state index is -0.515. The third-order valence-corrected chi connectivity index (χ3v) is 2.42. The minimum absolute atomic E-state index is 0.129. The van der Waals surface area contributed by atoms with Gasteiger partial charge >= 0.3 is 5.69 Å². The van der Waals surface area contributed by atoms with Crippen LogP contribution in [0.1, 0.15) is 19.8 Å². The molecule has 0 saturated carbocycles. The average molecular weight is 274 g/mol. The molecule has 0 aliphatic heterocycles. The number of ether oxygens (including phenoxy) is 1. The van der Waals surface area contributed by atoms with Gasteiger partial charge in [0.2, 0.25) is 5.82 Å². The number of halogens is 1. The summed E-state index contributed by atoms with van der Waals surface area (Å²) >= 11 is 5.66. The van der Waals surface area contributed by atoms with Gasteiger partial charge in [0.15, 0.2) is 0 Å². The lowest BCUT2D eigenvalue weighted by molar-refractivity contribution is -0.384. The number of rotatable bonds is 8. The van der Waals surface area contributed by atoms with Crippen LogP contribution in [0.15, 0.2) is 12.3 Å². The number of nitrogens with one attached hydrogen (secondary N) is 1. The van der Waals surface area contributed by atoms with E-state index in [0.29, 0.717) is 19.8 Å². The lowest BCUT2D eigenvalue weighted by atomic mass is 10.4. The molecule has 6 nitrogen and oxygen atoms in total. The SMILES string of the molecule is CCCCOCCNc1ncc(Cl)cc1[N+](=O)[O-]. The quantitative estimate of drug-likeness (QED) is 0.448. The fourth-order valence-corrected chi connectivity index (χ4v) is 1.45. The molecule has 0 bridgehead atoms. The van der Waals surface area contributed by atoms with E-state index in [1.54, 1.807) is 0 Å². The number of nitro groups is 1. The second-order valence-corrected chi connectivity index (χ2v) is 4.11. The van der Waals surface area contributed by atoms with Crippen LogP contribution in [-0.2, 0) is 4.74 Å². The number of nitrogens with zero attached hydrogens (tertiary/aromatic N) is 2. The van der Waals surface area contributed by atoms with Gasteiger partial charge in [-0.3, -0.25) is 10.1 Å². The molecule has 0 aliphatic rings. The van der Waals surface area contributed by atoms with Crippen molar-refractivity contribution in [2.24, 2.45) is 0 Å². The van der Waals surface area contributed by atoms with Crippen LogP contribution in [0, 0.1) is 10.1 Å². The van der Waals surface area contributed by atoms with Crippen molar-refractivity contribution in [3.63, 3.8) is 0 Å². The Balaban J connectivity index is 2.44. The number of aromatic nitrogens is 1. The minimum Gasteiger partial charge on any atom is -0.380 e. The van der Waals surface area contributed by atoms with Gasteiger partial charge in [0.1, 0.15) is 0 Å². The van der Waals surface area contributed by atoms with Gasteiger partial charge in [0, 0.05) is 25.4 Å². The first-order valence-corrected chi connectivity index (χ1v) is 6.14. The van der Waals surface area contributed by atoms with Crippen molar-refractivity contribution in [2.75, 3.05) is 25.1 Å². The lowest BCUT2D eigenvalue weighted by Gasteiger charge is -2.06. The van der Waals surface area contributed by atoms with E-state index in [1.807, 2.05) is 0 Å². The molecular weight excluding hydrogens is 258 g/mol. The first kappa shape index (κ1) is 14.7. The van der Waals surface area contributed by atoms with Crippen molar-refractivity contribution in [2.45, 2.75) is 19.8 Å². The van der Waals surface area contributed by atoms with E-state index in [4.69, 9.17) is 16.3 Å². The Morgan fingerprint density at radius 2 is 2.33 bits per heavy atom. The fourth-order valence-electron chi connectivity index (χ4n) is 1.29. The first-order chi connectivity index (χ1) is 8.65. The van der Waals surface area contributed by atoms with E-state index in [-0.39, 0.29) is 16.5 Å². The van der Waals surface area contributed by atoms with Gasteiger partial charge in [0.05, 0.1) is 16.6 Å². The number of hydrogen-bond donors (Lipinski definition) is 1. The van der Waals surface area contributed by atoms with Gasteiger partial charge in [0.25, 0.3) is 0 Å². The normalized spacial score (nSPS) is 10.3. The zero-order valence-corrected chi connectivity index (χ0v) is 10.9. The summed E-state index contributed by atoms with van der Waals surface area (Å²) in [6, 6.07) is 1.27. The van der Waals surface area contributed by atoms with Crippen LogP contribution in [0.3, 0.4) is 0 Å². The highest BCUT2D eigenvalue weighted by molar-refractivity contribution is 6.30. The van der Waals surface area contributed by atoms with E-state index in [1.165, 1.54) is 12.3 Å². The molecule has 1 heterocycles. The van der Waals surface area contributed by atoms with Crippen LogP contribution in [0.5, 0.6) is 0 Å². The molecule has 0 atom stereocenters. The fraction of sp³-hybridized carbons (Fsp3) is 0.545. The monoisotopic (exact) mass is 273 g/mol. The largest absolute Gasteiger partial charge is 0.380 e. The van der Waals surface area contributed by atoms with Crippen molar-refractivity contribution in [3.05, 3.63) is 27.4 Å². The van der Waals surface area contributed by atoms with Crippen molar-refractivity contribution < 1.29 is 9.66 Å². The highest BCUT2D eigenvalue weighted by Gasteiger charge is 2.15. The smallest absolute Gasteiger partial charge is 0.312 e. The molecule has 0 unspecified atom stereocenters. The summed E-state index contributed by atoms with van der Waals surface area (Å²) in [6.45, 7) is 3.75. The van der Waals surface area contributed by atoms with E-state index in [2.05, 4.69) is 17.2 Å². The Morgan fingerprint density at radius 1 is 1.56 bits per heavy atom. The van der Waals surface area contributed by atoms with Crippen LogP contribution in [0.25, 0.3) is 0 Å². The lowest BCUT2D eigenvalue weighted by Crippen LogP contribution is -2.12. The number of anilines is 1. The molecule has 7 heteroatoms. The van der Waals surface area contributed by atoms with Crippen molar-refractivity contribution in [3.8, 4) is 0 Å². The van der Waals surface area contributed by atoms with Gasteiger partial charge in [-0.25, -0.2) is 4.98 Å². The molecule has 0 amide bonds. The maximum Gasteiger partial charge on any atom is 0.312 e. The highest BCUT2D eigenvalue weighted by atomic mass is 35.5. The molecule has 0 aromatic carbocycles. The summed E-state index contributed by atoms with van der Waals surface area (Å²) in [7, 11) is 0. The molecule has 0 spiro atoms. The van der Waals surface area contributed by atoms with Crippen molar-refractivity contribution in [1.29, 1.82) is 0 Å². The van der Waals surface area contributed by atoms with Gasteiger partial charge in [-0.15, -0.1) is 0 Å². The Morgan fingerprint density at radius 3 is 3.00 bits per heavy atom. The second-order valence-electron chi connectivity index (χ2n) is 3.67. The number of pyridine rings is 1. The molecule has 0 aliphatic carbocycles. The second kappa shape index (κ2) is 7.84. The van der Waals surface area contributed by atoms with E-state index < -0.39 is 4.92 Å². The van der Waals surface area contributed by atoms with Crippen molar-refractivity contribution in [1.82, 2.24) is 4.98 Å². The van der Waals surface area contributed by atoms with Crippen LogP contribution < -0.4 is 5.32 Å². The van der Waals surface area contributed by atoms with Crippen LogP contribution >= 0.6 is 11.6 Å². The first-order valence-electron chi connectivity index (χ1n) is 5.76. The van der Waals surface area contributed by atoms with Gasteiger partial charge in [-0.2, -0.15) is 0 Å². The molecule has 1 rings (SSSR count). The van der Waals surface area contributed by atoms with Gasteiger partial charge < -0.3 is 10.1 Å². The number of unbranched alkanes of at least 4 members (excludes halogenated alkanes) is 1. The molecule has 1 N–H and O–H groups in total. The Labute approximate surface area is 110 Å². The molecule has 100 valence electrons. The molecule has 0 saturated heterocycles. The van der Waals surface area contributed by atoms with Crippen LogP contribution in [0.2, 0.25) is 5.02 Å². The molecule has 18 heavy (non-hydrogen) atoms. The molecular formula is C11H16ClN3O3. The molecule has 0 radical (unpaired) electrons. The predicted molar refractivity (Wildman–Crippen MR) is 70.1 cm³/mol. The Hall–Kier alpha value is -1.40. The van der Waals surface area contributed by atoms with E-state index in [9.17, 15) is 10.1 Å². The predicted octanol–water partition coefficient (Wildman–Crippen LogP) is 2.87. The molecule has 1 aromatic rings. The topological polar surface area (TPSA) is 77.3 Å². The summed E-state index contributed by atoms with van der Waals surface area (Å²) in [6.07, 6.45) is 3.46. The van der Waals surface area contributed by atoms with Gasteiger partial charge in [-0.1, -0.05) is 24.9 Å². The van der Waals surface area contributed by atoms with E-state index >= 15 is 0 Å². The van der Waals surface area contributed by atoms with E-state index in [0.717, 1.165) is 12.8 Å². The third kappa shape index (κ3) is 4.85. The highest BCUT2D eigenvalue weighted by Crippen LogP contribution is 2.24. The zero-order valence-electron chi connectivity index (χ0n) is 10.2. The third-order valence-electron chi connectivity index (χ3n) is 2.21. The summed E-state index contributed by atoms with van der Waals surface area (Å²) in [5, 5.41) is 13.9. The zero-order chi connectivity index (χ0) is 13.4. The molecule has 1 aromatic heterocycles. The summed E-state index contributed by atoms with van der Waals surface area (Å²) < 4.78 is 5.33. The molecule has 0 fully saturated rings. The summed E-state index contributed by atoms with van der Waals surface area (Å²) in [5.74, 6) is 0.212. The van der Waals surface area contributed by atoms with Crippen LogP contribution in [0.4, 0.5) is 11.5 Å². The van der Waals surface area contributed by atoms with Gasteiger partial charge in [-0.05, 0) is 6.42 Å². The Bertz CT molecular complexity index is 401. The standard InChI is InChI=1S/C11H16ClN3O3/c1-2-3-5-18-6-4-13-11-10(15(16)17)7-9(12)8-14-11/h7-8H,2-6H2,1H3,(H,13,14). The average Bonchev–Trinajstić information content (AvgIpc) is 2.35. The maximum atomic E-state index is 10.8. The van der Waals surface area contributed by atoms with Crippen molar-refractivity contribution >= 4 is 23.1 Å².